The first kappa shape index (κ1) is 15.8. The van der Waals surface area contributed by atoms with Gasteiger partial charge < -0.3 is 19.6 Å². The molecule has 2 saturated heterocycles. The van der Waals surface area contributed by atoms with Crippen molar-refractivity contribution in [1.82, 2.24) is 9.80 Å². The number of ether oxygens (including phenoxy) is 1. The largest absolute Gasteiger partial charge is 0.497 e. The predicted octanol–water partition coefficient (Wildman–Crippen LogP) is 0.808. The van der Waals surface area contributed by atoms with Gasteiger partial charge in [-0.25, -0.2) is 0 Å². The zero-order chi connectivity index (χ0) is 16.6. The molecule has 2 atom stereocenters. The second kappa shape index (κ2) is 6.20. The first-order valence-electron chi connectivity index (χ1n) is 7.87. The van der Waals surface area contributed by atoms with Crippen molar-refractivity contribution in [3.8, 4) is 5.75 Å². The number of rotatable bonds is 3. The van der Waals surface area contributed by atoms with Gasteiger partial charge in [0.15, 0.2) is 0 Å². The molecule has 124 valence electrons. The molecule has 0 aliphatic carbocycles. The van der Waals surface area contributed by atoms with E-state index < -0.39 is 6.10 Å². The minimum Gasteiger partial charge on any atom is -0.497 e. The van der Waals surface area contributed by atoms with Gasteiger partial charge in [0.25, 0.3) is 0 Å². The highest BCUT2D eigenvalue weighted by atomic mass is 16.5. The lowest BCUT2D eigenvalue weighted by Crippen LogP contribution is -2.55. The first-order chi connectivity index (χ1) is 11.0. The zero-order valence-corrected chi connectivity index (χ0v) is 13.4. The van der Waals surface area contributed by atoms with Crippen molar-refractivity contribution in [2.45, 2.75) is 25.5 Å². The van der Waals surface area contributed by atoms with Crippen LogP contribution in [0.5, 0.6) is 5.75 Å². The van der Waals surface area contributed by atoms with Gasteiger partial charge in [0.05, 0.1) is 25.2 Å². The molecule has 2 aliphatic heterocycles. The molecule has 2 aliphatic rings. The number of carbonyl (C=O) groups is 2. The monoisotopic (exact) mass is 318 g/mol. The van der Waals surface area contributed by atoms with Crippen LogP contribution < -0.4 is 4.74 Å². The highest BCUT2D eigenvalue weighted by Crippen LogP contribution is 2.35. The Balaban J connectivity index is 1.75. The third kappa shape index (κ3) is 3.03. The third-order valence-corrected chi connectivity index (χ3v) is 4.72. The molecule has 2 heterocycles. The number of hydrogen-bond acceptors (Lipinski definition) is 4. The summed E-state index contributed by atoms with van der Waals surface area (Å²) in [6.07, 6.45) is 0.0151. The van der Waals surface area contributed by atoms with E-state index in [1.807, 2.05) is 24.3 Å². The van der Waals surface area contributed by atoms with E-state index in [1.54, 1.807) is 16.9 Å². The zero-order valence-electron chi connectivity index (χ0n) is 13.4. The van der Waals surface area contributed by atoms with E-state index in [4.69, 9.17) is 4.74 Å². The van der Waals surface area contributed by atoms with Crippen molar-refractivity contribution < 1.29 is 19.4 Å². The van der Waals surface area contributed by atoms with E-state index in [-0.39, 0.29) is 23.8 Å². The van der Waals surface area contributed by atoms with Crippen LogP contribution in [0.25, 0.3) is 0 Å². The van der Waals surface area contributed by atoms with Crippen LogP contribution in [0, 0.1) is 5.92 Å². The van der Waals surface area contributed by atoms with Crippen LogP contribution in [0.15, 0.2) is 24.3 Å². The van der Waals surface area contributed by atoms with Gasteiger partial charge in [-0.3, -0.25) is 9.59 Å². The Bertz CT molecular complexity index is 612. The molecule has 1 N–H and O–H groups in total. The van der Waals surface area contributed by atoms with E-state index >= 15 is 0 Å². The first-order valence-corrected chi connectivity index (χ1v) is 7.87. The number of nitrogens with zero attached hydrogens (tertiary/aromatic N) is 2. The molecule has 23 heavy (non-hydrogen) atoms. The van der Waals surface area contributed by atoms with Crippen LogP contribution in [0.2, 0.25) is 0 Å². The van der Waals surface area contributed by atoms with Crippen molar-refractivity contribution in [3.05, 3.63) is 29.8 Å². The van der Waals surface area contributed by atoms with Crippen LogP contribution >= 0.6 is 0 Å². The summed E-state index contributed by atoms with van der Waals surface area (Å²) < 4.78 is 5.25. The van der Waals surface area contributed by atoms with Crippen LogP contribution in [0.4, 0.5) is 0 Å². The molecule has 0 aromatic heterocycles. The highest BCUT2D eigenvalue weighted by molar-refractivity contribution is 5.84. The standard InChI is InChI=1S/C17H22N2O4/c1-11(20)18-8-13(9-18)17(22)19-10-14(21)7-16(19)12-4-3-5-15(6-12)23-2/h3-6,13-14,16,21H,7-10H2,1-2H3/t14-,16-/m0/s1. The molecule has 2 amide bonds. The van der Waals surface area contributed by atoms with E-state index in [1.165, 1.54) is 6.92 Å². The minimum atomic E-state index is -0.515. The topological polar surface area (TPSA) is 70.1 Å². The molecule has 2 fully saturated rings. The van der Waals surface area contributed by atoms with Gasteiger partial charge in [-0.15, -0.1) is 0 Å². The van der Waals surface area contributed by atoms with Crippen molar-refractivity contribution in [2.24, 2.45) is 5.92 Å². The number of hydrogen-bond donors (Lipinski definition) is 1. The van der Waals surface area contributed by atoms with Crippen LogP contribution in [0.1, 0.15) is 24.9 Å². The molecule has 1 aromatic rings. The molecule has 1 aromatic carbocycles. The fraction of sp³-hybridized carbons (Fsp3) is 0.529. The van der Waals surface area contributed by atoms with E-state index in [9.17, 15) is 14.7 Å². The Kier molecular flexibility index (Phi) is 4.26. The second-order valence-corrected chi connectivity index (χ2v) is 6.29. The Labute approximate surface area is 135 Å². The van der Waals surface area contributed by atoms with E-state index in [0.717, 1.165) is 11.3 Å². The Morgan fingerprint density at radius 2 is 2.00 bits per heavy atom. The van der Waals surface area contributed by atoms with Gasteiger partial charge in [0.2, 0.25) is 11.8 Å². The number of carbonyl (C=O) groups excluding carboxylic acids is 2. The Hall–Kier alpha value is -2.08. The lowest BCUT2D eigenvalue weighted by molar-refractivity contribution is -0.148. The number of methoxy groups -OCH3 is 1. The number of aliphatic hydroxyl groups excluding tert-OH is 1. The highest BCUT2D eigenvalue weighted by Gasteiger charge is 2.42. The summed E-state index contributed by atoms with van der Waals surface area (Å²) in [4.78, 5) is 27.4. The third-order valence-electron chi connectivity index (χ3n) is 4.72. The summed E-state index contributed by atoms with van der Waals surface area (Å²) in [5.41, 5.74) is 0.969. The lowest BCUT2D eigenvalue weighted by atomic mass is 9.96. The molecule has 0 unspecified atom stereocenters. The van der Waals surface area contributed by atoms with Crippen molar-refractivity contribution in [3.63, 3.8) is 0 Å². The fourth-order valence-electron chi connectivity index (χ4n) is 3.35. The van der Waals surface area contributed by atoms with Gasteiger partial charge in [0.1, 0.15) is 5.75 Å². The van der Waals surface area contributed by atoms with Gasteiger partial charge in [0, 0.05) is 26.6 Å². The molecule has 0 saturated carbocycles. The number of β-amino-alcohol motifs (C(OH)–C–C–N with tert-alkyl or cyclic N) is 1. The molecule has 6 nitrogen and oxygen atoms in total. The maximum atomic E-state index is 12.7. The fourth-order valence-corrected chi connectivity index (χ4v) is 3.35. The van der Waals surface area contributed by atoms with Gasteiger partial charge >= 0.3 is 0 Å². The van der Waals surface area contributed by atoms with Crippen LogP contribution in [-0.4, -0.2) is 59.6 Å². The van der Waals surface area contributed by atoms with Crippen molar-refractivity contribution in [2.75, 3.05) is 26.7 Å². The van der Waals surface area contributed by atoms with Crippen LogP contribution in [0.3, 0.4) is 0 Å². The summed E-state index contributed by atoms with van der Waals surface area (Å²) in [7, 11) is 1.61. The predicted molar refractivity (Wildman–Crippen MR) is 83.8 cm³/mol. The summed E-state index contributed by atoms with van der Waals surface area (Å²) in [5.74, 6) is 0.603. The summed E-state index contributed by atoms with van der Waals surface area (Å²) >= 11 is 0. The second-order valence-electron chi connectivity index (χ2n) is 6.29. The quantitative estimate of drug-likeness (QED) is 0.895. The van der Waals surface area contributed by atoms with Gasteiger partial charge in [-0.05, 0) is 24.1 Å². The van der Waals surface area contributed by atoms with E-state index in [2.05, 4.69) is 0 Å². The smallest absolute Gasteiger partial charge is 0.229 e. The molecule has 0 spiro atoms. The maximum absolute atomic E-state index is 12.7. The number of amides is 2. The Morgan fingerprint density at radius 3 is 2.65 bits per heavy atom. The Morgan fingerprint density at radius 1 is 1.26 bits per heavy atom. The molecule has 3 rings (SSSR count). The average Bonchev–Trinajstić information content (AvgIpc) is 2.87. The average molecular weight is 318 g/mol. The van der Waals surface area contributed by atoms with Gasteiger partial charge in [-0.1, -0.05) is 12.1 Å². The van der Waals surface area contributed by atoms with Crippen LogP contribution in [-0.2, 0) is 9.59 Å². The molecule has 0 radical (unpaired) electrons. The molecular weight excluding hydrogens is 296 g/mol. The number of likely N-dealkylation sites (tertiary alicyclic amines) is 2. The maximum Gasteiger partial charge on any atom is 0.229 e. The minimum absolute atomic E-state index is 0.000137. The normalized spacial score (nSPS) is 24.5. The van der Waals surface area contributed by atoms with Crippen molar-refractivity contribution >= 4 is 11.8 Å². The number of aliphatic hydroxyl groups is 1. The molecule has 0 bridgehead atoms. The number of benzene rings is 1. The molecule has 6 heteroatoms. The summed E-state index contributed by atoms with van der Waals surface area (Å²) in [6, 6.07) is 7.47. The lowest BCUT2D eigenvalue weighted by Gasteiger charge is -2.40. The SMILES string of the molecule is COc1cccc([C@@H]2C[C@H](O)CN2C(=O)C2CN(C(C)=O)C2)c1. The summed E-state index contributed by atoms with van der Waals surface area (Å²) in [6.45, 7) is 2.81. The molecular formula is C17H22N2O4. The van der Waals surface area contributed by atoms with Gasteiger partial charge in [-0.2, -0.15) is 0 Å². The summed E-state index contributed by atoms with van der Waals surface area (Å²) in [5, 5.41) is 10.0. The van der Waals surface area contributed by atoms with E-state index in [0.29, 0.717) is 26.1 Å². The van der Waals surface area contributed by atoms with Crippen molar-refractivity contribution in [1.29, 1.82) is 0 Å².